The maximum Gasteiger partial charge on any atom is 0.416 e. The number of ether oxygens (including phenoxy) is 2. The number of methoxy groups -OCH3 is 1. The monoisotopic (exact) mass is 529 g/mol. The zero-order chi connectivity index (χ0) is 20.4. The Bertz CT molecular complexity index is 604. The van der Waals surface area contributed by atoms with Crippen LogP contribution in [0.15, 0.2) is 29.3 Å². The van der Waals surface area contributed by atoms with Gasteiger partial charge in [0.1, 0.15) is 0 Å². The minimum Gasteiger partial charge on any atom is -0.385 e. The minimum absolute atomic E-state index is 0. The van der Waals surface area contributed by atoms with E-state index in [2.05, 4.69) is 15.2 Å². The quantitative estimate of drug-likeness (QED) is 0.236. The summed E-state index contributed by atoms with van der Waals surface area (Å²) in [5.74, 6) is 0.792. The van der Waals surface area contributed by atoms with Gasteiger partial charge in [0, 0.05) is 40.0 Å². The average Bonchev–Trinajstić information content (AvgIpc) is 2.69. The first-order valence-electron chi connectivity index (χ1n) is 9.74. The lowest BCUT2D eigenvalue weighted by molar-refractivity contribution is -0.137. The first-order valence-corrected chi connectivity index (χ1v) is 9.74. The molecule has 1 aliphatic heterocycles. The Labute approximate surface area is 188 Å². The van der Waals surface area contributed by atoms with Gasteiger partial charge in [-0.1, -0.05) is 12.1 Å². The molecule has 9 heteroatoms. The van der Waals surface area contributed by atoms with Gasteiger partial charge in [0.15, 0.2) is 5.96 Å². The average molecular weight is 529 g/mol. The van der Waals surface area contributed by atoms with Gasteiger partial charge in [0.05, 0.1) is 18.2 Å². The Hall–Kier alpha value is -1.07. The van der Waals surface area contributed by atoms with E-state index in [1.54, 1.807) is 7.11 Å². The number of alkyl halides is 3. The minimum atomic E-state index is -4.31. The molecule has 1 aromatic carbocycles. The number of likely N-dealkylation sites (tertiary alicyclic amines) is 1. The fourth-order valence-corrected chi connectivity index (χ4v) is 3.08. The van der Waals surface area contributed by atoms with Crippen LogP contribution in [0.25, 0.3) is 0 Å². The summed E-state index contributed by atoms with van der Waals surface area (Å²) in [6.07, 6.45) is -1.30. The molecule has 0 atom stereocenters. The molecule has 29 heavy (non-hydrogen) atoms. The molecule has 1 saturated heterocycles. The van der Waals surface area contributed by atoms with Crippen molar-refractivity contribution >= 4 is 29.9 Å². The molecule has 0 bridgehead atoms. The van der Waals surface area contributed by atoms with Crippen LogP contribution in [0.4, 0.5) is 13.2 Å². The number of hydrogen-bond acceptors (Lipinski definition) is 3. The Kier molecular flexibility index (Phi) is 11.9. The van der Waals surface area contributed by atoms with Crippen molar-refractivity contribution < 1.29 is 22.6 Å². The number of halogens is 4. The second-order valence-electron chi connectivity index (χ2n) is 6.77. The topological polar surface area (TPSA) is 46.1 Å². The van der Waals surface area contributed by atoms with E-state index in [1.165, 1.54) is 12.1 Å². The Balaban J connectivity index is 0.00000420. The highest BCUT2D eigenvalue weighted by molar-refractivity contribution is 14.0. The summed E-state index contributed by atoms with van der Waals surface area (Å²) in [6, 6.07) is 5.17. The van der Waals surface area contributed by atoms with Gasteiger partial charge in [0.2, 0.25) is 0 Å². The van der Waals surface area contributed by atoms with Crippen molar-refractivity contribution in [3.8, 4) is 0 Å². The van der Waals surface area contributed by atoms with Gasteiger partial charge in [-0.2, -0.15) is 13.2 Å². The van der Waals surface area contributed by atoms with Crippen LogP contribution in [-0.2, 0) is 22.2 Å². The normalized spacial score (nSPS) is 15.9. The van der Waals surface area contributed by atoms with Gasteiger partial charge in [-0.3, -0.25) is 0 Å². The predicted molar refractivity (Wildman–Crippen MR) is 119 cm³/mol. The summed E-state index contributed by atoms with van der Waals surface area (Å²) in [7, 11) is 1.69. The lowest BCUT2D eigenvalue weighted by atomic mass is 10.1. The number of nitrogens with zero attached hydrogens (tertiary/aromatic N) is 2. The van der Waals surface area contributed by atoms with Crippen LogP contribution in [0.1, 0.15) is 37.3 Å². The molecular weight excluding hydrogens is 498 g/mol. The third kappa shape index (κ3) is 9.08. The fraction of sp³-hybridized carbons (Fsp3) is 0.650. The summed E-state index contributed by atoms with van der Waals surface area (Å²) in [4.78, 5) is 6.79. The molecule has 0 spiro atoms. The number of piperidine rings is 1. The maximum absolute atomic E-state index is 12.7. The van der Waals surface area contributed by atoms with E-state index in [-0.39, 0.29) is 30.1 Å². The lowest BCUT2D eigenvalue weighted by Gasteiger charge is -2.34. The van der Waals surface area contributed by atoms with Crippen molar-refractivity contribution in [2.24, 2.45) is 4.99 Å². The molecule has 5 nitrogen and oxygen atoms in total. The largest absolute Gasteiger partial charge is 0.416 e. The van der Waals surface area contributed by atoms with Crippen molar-refractivity contribution in [2.45, 2.75) is 45.0 Å². The highest BCUT2D eigenvalue weighted by Gasteiger charge is 2.29. The number of aliphatic imine (C=N–C) groups is 1. The summed E-state index contributed by atoms with van der Waals surface area (Å²) in [5.41, 5.74) is 0.111. The zero-order valence-electron chi connectivity index (χ0n) is 17.0. The number of guanidine groups is 1. The van der Waals surface area contributed by atoms with Crippen LogP contribution < -0.4 is 5.32 Å². The van der Waals surface area contributed by atoms with Crippen molar-refractivity contribution in [3.05, 3.63) is 35.4 Å². The van der Waals surface area contributed by atoms with E-state index in [4.69, 9.17) is 9.47 Å². The van der Waals surface area contributed by atoms with Gasteiger partial charge in [-0.05, 0) is 43.9 Å². The molecule has 0 radical (unpaired) electrons. The molecular formula is C20H31F3IN3O2. The molecule has 166 valence electrons. The molecule has 0 unspecified atom stereocenters. The molecule has 2 rings (SSSR count). The van der Waals surface area contributed by atoms with Crippen molar-refractivity contribution in [3.63, 3.8) is 0 Å². The highest BCUT2D eigenvalue weighted by Crippen LogP contribution is 2.29. The van der Waals surface area contributed by atoms with E-state index < -0.39 is 11.7 Å². The van der Waals surface area contributed by atoms with Crippen molar-refractivity contribution in [1.29, 1.82) is 0 Å². The van der Waals surface area contributed by atoms with Crippen molar-refractivity contribution in [2.75, 3.05) is 40.0 Å². The number of nitrogens with one attached hydrogen (secondary N) is 1. The second kappa shape index (κ2) is 13.3. The van der Waals surface area contributed by atoms with Crippen LogP contribution in [0, 0.1) is 0 Å². The third-order valence-corrected chi connectivity index (χ3v) is 4.62. The van der Waals surface area contributed by atoms with Crippen LogP contribution in [0.3, 0.4) is 0 Å². The van der Waals surface area contributed by atoms with Crippen LogP contribution in [-0.4, -0.2) is 56.9 Å². The highest BCUT2D eigenvalue weighted by atomic mass is 127. The number of benzene rings is 1. The summed E-state index contributed by atoms with van der Waals surface area (Å²) >= 11 is 0. The standard InChI is InChI=1S/C20H30F3N3O2.HI/c1-3-24-19(25-15-16-5-7-17(8-6-16)20(21,22)23)26-11-9-18(10-12-26)28-14-4-13-27-2;/h5-8,18H,3-4,9-15H2,1-2H3,(H,24,25);1H. The maximum atomic E-state index is 12.7. The van der Waals surface area contributed by atoms with Gasteiger partial charge in [-0.25, -0.2) is 4.99 Å². The van der Waals surface area contributed by atoms with E-state index in [0.29, 0.717) is 19.8 Å². The Morgan fingerprint density at radius 3 is 2.38 bits per heavy atom. The first-order chi connectivity index (χ1) is 13.4. The van der Waals surface area contributed by atoms with Gasteiger partial charge in [0.25, 0.3) is 0 Å². The van der Waals surface area contributed by atoms with E-state index in [9.17, 15) is 13.2 Å². The van der Waals surface area contributed by atoms with Gasteiger partial charge < -0.3 is 19.7 Å². The van der Waals surface area contributed by atoms with Crippen LogP contribution in [0.5, 0.6) is 0 Å². The lowest BCUT2D eigenvalue weighted by Crippen LogP contribution is -2.47. The van der Waals surface area contributed by atoms with E-state index in [0.717, 1.165) is 62.6 Å². The Morgan fingerprint density at radius 2 is 1.83 bits per heavy atom. The molecule has 1 fully saturated rings. The fourth-order valence-electron chi connectivity index (χ4n) is 3.08. The second-order valence-corrected chi connectivity index (χ2v) is 6.77. The van der Waals surface area contributed by atoms with Gasteiger partial charge >= 0.3 is 6.18 Å². The molecule has 1 heterocycles. The molecule has 0 aromatic heterocycles. The zero-order valence-corrected chi connectivity index (χ0v) is 19.3. The molecule has 1 N–H and O–H groups in total. The van der Waals surface area contributed by atoms with Gasteiger partial charge in [-0.15, -0.1) is 24.0 Å². The van der Waals surface area contributed by atoms with Crippen LogP contribution in [0.2, 0.25) is 0 Å². The summed E-state index contributed by atoms with van der Waals surface area (Å²) in [6.45, 7) is 6.18. The predicted octanol–water partition coefficient (Wildman–Crippen LogP) is 4.31. The summed E-state index contributed by atoms with van der Waals surface area (Å²) < 4.78 is 48.9. The molecule has 0 aliphatic carbocycles. The molecule has 0 amide bonds. The van der Waals surface area contributed by atoms with Crippen LogP contribution >= 0.6 is 24.0 Å². The smallest absolute Gasteiger partial charge is 0.385 e. The Morgan fingerprint density at radius 1 is 1.17 bits per heavy atom. The van der Waals surface area contributed by atoms with E-state index in [1.807, 2.05) is 6.92 Å². The molecule has 1 aromatic rings. The molecule has 0 saturated carbocycles. The molecule has 1 aliphatic rings. The number of rotatable bonds is 8. The third-order valence-electron chi connectivity index (χ3n) is 4.62. The first kappa shape index (κ1) is 26.0. The van der Waals surface area contributed by atoms with E-state index >= 15 is 0 Å². The number of hydrogen-bond donors (Lipinski definition) is 1. The SMILES string of the molecule is CCNC(=NCc1ccc(C(F)(F)F)cc1)N1CCC(OCCCOC)CC1.I. The van der Waals surface area contributed by atoms with Crippen molar-refractivity contribution in [1.82, 2.24) is 10.2 Å². The summed E-state index contributed by atoms with van der Waals surface area (Å²) in [5, 5.41) is 3.27.